The first-order chi connectivity index (χ1) is 9.86. The van der Waals surface area contributed by atoms with Crippen molar-refractivity contribution in [2.24, 2.45) is 5.92 Å². The van der Waals surface area contributed by atoms with Crippen LogP contribution in [0.2, 0.25) is 5.02 Å². The van der Waals surface area contributed by atoms with Gasteiger partial charge in [0.1, 0.15) is 11.5 Å². The molecule has 0 aliphatic rings. The Hall–Kier alpha value is -1.02. The molecular formula is C18H27ClO2. The molecule has 1 rings (SSSR count). The summed E-state index contributed by atoms with van der Waals surface area (Å²) in [5.41, 5.74) is 2.26. The second kappa shape index (κ2) is 8.43. The fraction of sp³-hybridized carbons (Fsp3) is 0.611. The molecular weight excluding hydrogens is 284 g/mol. The van der Waals surface area contributed by atoms with Gasteiger partial charge in [-0.15, -0.1) is 0 Å². The maximum absolute atomic E-state index is 11.7. The number of ether oxygens (including phenoxy) is 1. The van der Waals surface area contributed by atoms with E-state index in [4.69, 9.17) is 16.3 Å². The lowest BCUT2D eigenvalue weighted by atomic mass is 9.95. The standard InChI is InChI=1S/C18H27ClO2/c1-6-21-18-14(8-7-9-17(20)13(4)5)10-15(19)11-16(18)12(2)3/h10-13H,6-9H2,1-5H3. The Morgan fingerprint density at radius 2 is 1.90 bits per heavy atom. The number of ketones is 1. The average Bonchev–Trinajstić information content (AvgIpc) is 2.40. The molecule has 21 heavy (non-hydrogen) atoms. The van der Waals surface area contributed by atoms with Crippen LogP contribution < -0.4 is 4.74 Å². The third kappa shape index (κ3) is 5.35. The normalized spacial score (nSPS) is 11.2. The molecule has 0 saturated heterocycles. The first-order valence-corrected chi connectivity index (χ1v) is 8.22. The van der Waals surface area contributed by atoms with Gasteiger partial charge in [0.15, 0.2) is 0 Å². The fourth-order valence-corrected chi connectivity index (χ4v) is 2.60. The summed E-state index contributed by atoms with van der Waals surface area (Å²) in [6.07, 6.45) is 2.29. The summed E-state index contributed by atoms with van der Waals surface area (Å²) in [6, 6.07) is 3.96. The SMILES string of the molecule is CCOc1c(CCCC(=O)C(C)C)cc(Cl)cc1C(C)C. The maximum Gasteiger partial charge on any atom is 0.135 e. The highest BCUT2D eigenvalue weighted by Crippen LogP contribution is 2.34. The maximum atomic E-state index is 11.7. The summed E-state index contributed by atoms with van der Waals surface area (Å²) in [7, 11) is 0. The molecule has 3 heteroatoms. The van der Waals surface area contributed by atoms with Gasteiger partial charge in [0.25, 0.3) is 0 Å². The van der Waals surface area contributed by atoms with Gasteiger partial charge in [-0.25, -0.2) is 0 Å². The van der Waals surface area contributed by atoms with E-state index in [0.717, 1.165) is 34.7 Å². The summed E-state index contributed by atoms with van der Waals surface area (Å²) < 4.78 is 5.85. The second-order valence-corrected chi connectivity index (χ2v) is 6.48. The molecule has 0 aromatic heterocycles. The van der Waals surface area contributed by atoms with Crippen LogP contribution in [0.1, 0.15) is 64.5 Å². The molecule has 0 atom stereocenters. The van der Waals surface area contributed by atoms with Gasteiger partial charge in [0.2, 0.25) is 0 Å². The van der Waals surface area contributed by atoms with Gasteiger partial charge in [-0.1, -0.05) is 39.3 Å². The van der Waals surface area contributed by atoms with Crippen molar-refractivity contribution < 1.29 is 9.53 Å². The average molecular weight is 311 g/mol. The number of carbonyl (C=O) groups excluding carboxylic acids is 1. The van der Waals surface area contributed by atoms with Gasteiger partial charge in [-0.3, -0.25) is 4.79 Å². The fourth-order valence-electron chi connectivity index (χ4n) is 2.35. The van der Waals surface area contributed by atoms with E-state index in [1.807, 2.05) is 32.9 Å². The number of hydrogen-bond donors (Lipinski definition) is 0. The van der Waals surface area contributed by atoms with E-state index in [1.165, 1.54) is 0 Å². The van der Waals surface area contributed by atoms with Gasteiger partial charge in [0.05, 0.1) is 6.61 Å². The first-order valence-electron chi connectivity index (χ1n) is 7.84. The van der Waals surface area contributed by atoms with E-state index in [0.29, 0.717) is 24.7 Å². The molecule has 0 amide bonds. The van der Waals surface area contributed by atoms with E-state index >= 15 is 0 Å². The van der Waals surface area contributed by atoms with E-state index < -0.39 is 0 Å². The number of aryl methyl sites for hydroxylation is 1. The Balaban J connectivity index is 2.91. The van der Waals surface area contributed by atoms with Crippen LogP contribution in [0.25, 0.3) is 0 Å². The third-order valence-electron chi connectivity index (χ3n) is 3.58. The zero-order chi connectivity index (χ0) is 16.0. The number of rotatable bonds is 8. The number of benzene rings is 1. The van der Waals surface area contributed by atoms with Crippen LogP contribution in [-0.2, 0) is 11.2 Å². The molecule has 1 aromatic rings. The molecule has 0 aliphatic heterocycles. The molecule has 0 N–H and O–H groups in total. The van der Waals surface area contributed by atoms with Gasteiger partial charge in [-0.2, -0.15) is 0 Å². The molecule has 118 valence electrons. The zero-order valence-electron chi connectivity index (χ0n) is 13.8. The number of carbonyl (C=O) groups is 1. The largest absolute Gasteiger partial charge is 0.493 e. The molecule has 0 heterocycles. The summed E-state index contributed by atoms with van der Waals surface area (Å²) in [6.45, 7) is 10.8. The van der Waals surface area contributed by atoms with Crippen LogP contribution in [-0.4, -0.2) is 12.4 Å². The Bertz CT molecular complexity index is 478. The van der Waals surface area contributed by atoms with Crippen LogP contribution in [0.4, 0.5) is 0 Å². The smallest absolute Gasteiger partial charge is 0.135 e. The van der Waals surface area contributed by atoms with Crippen molar-refractivity contribution in [2.75, 3.05) is 6.61 Å². The minimum atomic E-state index is 0.113. The molecule has 0 unspecified atom stereocenters. The van der Waals surface area contributed by atoms with Gasteiger partial charge >= 0.3 is 0 Å². The molecule has 0 fully saturated rings. The highest BCUT2D eigenvalue weighted by Gasteiger charge is 2.15. The summed E-state index contributed by atoms with van der Waals surface area (Å²) in [5, 5.41) is 0.743. The Morgan fingerprint density at radius 3 is 2.43 bits per heavy atom. The minimum absolute atomic E-state index is 0.113. The van der Waals surface area contributed by atoms with E-state index in [9.17, 15) is 4.79 Å². The number of halogens is 1. The van der Waals surface area contributed by atoms with Gasteiger partial charge in [-0.05, 0) is 48.9 Å². The molecule has 0 aliphatic carbocycles. The van der Waals surface area contributed by atoms with Crippen molar-refractivity contribution in [3.05, 3.63) is 28.3 Å². The molecule has 1 aromatic carbocycles. The van der Waals surface area contributed by atoms with Gasteiger partial charge < -0.3 is 4.74 Å². The summed E-state index contributed by atoms with van der Waals surface area (Å²) in [5.74, 6) is 1.75. The number of hydrogen-bond acceptors (Lipinski definition) is 2. The number of Topliss-reactive ketones (excluding diaryl/α,β-unsaturated/α-hetero) is 1. The Labute approximate surface area is 133 Å². The monoisotopic (exact) mass is 310 g/mol. The zero-order valence-corrected chi connectivity index (χ0v) is 14.6. The highest BCUT2D eigenvalue weighted by molar-refractivity contribution is 6.30. The van der Waals surface area contributed by atoms with Crippen molar-refractivity contribution >= 4 is 17.4 Å². The van der Waals surface area contributed by atoms with Crippen LogP contribution in [0.3, 0.4) is 0 Å². The van der Waals surface area contributed by atoms with Crippen LogP contribution in [0, 0.1) is 5.92 Å². The van der Waals surface area contributed by atoms with Gasteiger partial charge in [0, 0.05) is 17.4 Å². The predicted octanol–water partition coefficient (Wildman–Crippen LogP) is 5.41. The summed E-state index contributed by atoms with van der Waals surface area (Å²) >= 11 is 6.24. The van der Waals surface area contributed by atoms with E-state index in [2.05, 4.69) is 13.8 Å². The van der Waals surface area contributed by atoms with Crippen LogP contribution >= 0.6 is 11.6 Å². The molecule has 0 bridgehead atoms. The second-order valence-electron chi connectivity index (χ2n) is 6.05. The lowest BCUT2D eigenvalue weighted by Gasteiger charge is -2.18. The molecule has 0 saturated carbocycles. The van der Waals surface area contributed by atoms with Crippen LogP contribution in [0.15, 0.2) is 12.1 Å². The lowest BCUT2D eigenvalue weighted by Crippen LogP contribution is -2.08. The van der Waals surface area contributed by atoms with Crippen molar-refractivity contribution in [2.45, 2.75) is 59.8 Å². The summed E-state index contributed by atoms with van der Waals surface area (Å²) in [4.78, 5) is 11.7. The lowest BCUT2D eigenvalue weighted by molar-refractivity contribution is -0.121. The minimum Gasteiger partial charge on any atom is -0.493 e. The van der Waals surface area contributed by atoms with Crippen molar-refractivity contribution in [3.63, 3.8) is 0 Å². The molecule has 0 radical (unpaired) electrons. The highest BCUT2D eigenvalue weighted by atomic mass is 35.5. The van der Waals surface area contributed by atoms with Crippen LogP contribution in [0.5, 0.6) is 5.75 Å². The quantitative estimate of drug-likeness (QED) is 0.641. The van der Waals surface area contributed by atoms with E-state index in [1.54, 1.807) is 0 Å². The predicted molar refractivity (Wildman–Crippen MR) is 89.5 cm³/mol. The van der Waals surface area contributed by atoms with Crippen molar-refractivity contribution in [1.29, 1.82) is 0 Å². The Morgan fingerprint density at radius 1 is 1.24 bits per heavy atom. The molecule has 2 nitrogen and oxygen atoms in total. The van der Waals surface area contributed by atoms with E-state index in [-0.39, 0.29) is 5.92 Å². The Kier molecular flexibility index (Phi) is 7.24. The van der Waals surface area contributed by atoms with Crippen molar-refractivity contribution in [1.82, 2.24) is 0 Å². The first kappa shape index (κ1) is 18.0. The topological polar surface area (TPSA) is 26.3 Å². The third-order valence-corrected chi connectivity index (χ3v) is 3.80. The van der Waals surface area contributed by atoms with Crippen molar-refractivity contribution in [3.8, 4) is 5.75 Å². The molecule has 0 spiro atoms.